The fraction of sp³-hybridized carbons (Fsp3) is 0.381. The van der Waals surface area contributed by atoms with E-state index in [4.69, 9.17) is 9.47 Å². The number of para-hydroxylation sites is 1. The Morgan fingerprint density at radius 3 is 2.44 bits per heavy atom. The predicted molar refractivity (Wildman–Crippen MR) is 99.9 cm³/mol. The molecule has 0 spiro atoms. The van der Waals surface area contributed by atoms with Gasteiger partial charge in [-0.3, -0.25) is 4.79 Å². The van der Waals surface area contributed by atoms with Gasteiger partial charge in [-0.2, -0.15) is 0 Å². The van der Waals surface area contributed by atoms with Crippen molar-refractivity contribution in [3.05, 3.63) is 53.6 Å². The minimum Gasteiger partial charge on any atom is -0.493 e. The van der Waals surface area contributed by atoms with E-state index in [0.717, 1.165) is 12.1 Å². The Morgan fingerprint density at radius 2 is 1.76 bits per heavy atom. The SMILES string of the molecule is COc1ccc(C(=O)N2c3ccccc3C(C)CC2(C)C)cc1OC. The highest BCUT2D eigenvalue weighted by molar-refractivity contribution is 6.08. The van der Waals surface area contributed by atoms with Crippen LogP contribution in [0, 0.1) is 0 Å². The van der Waals surface area contributed by atoms with E-state index in [1.165, 1.54) is 5.56 Å². The number of fused-ring (bicyclic) bond motifs is 1. The minimum atomic E-state index is -0.266. The number of benzene rings is 2. The Bertz CT molecular complexity index is 797. The number of hydrogen-bond acceptors (Lipinski definition) is 3. The number of ether oxygens (including phenoxy) is 2. The van der Waals surface area contributed by atoms with Crippen molar-refractivity contribution < 1.29 is 14.3 Å². The van der Waals surface area contributed by atoms with E-state index >= 15 is 0 Å². The van der Waals surface area contributed by atoms with Gasteiger partial charge in [-0.25, -0.2) is 0 Å². The number of carbonyl (C=O) groups excluding carboxylic acids is 1. The molecule has 4 heteroatoms. The zero-order valence-corrected chi connectivity index (χ0v) is 15.5. The van der Waals surface area contributed by atoms with Crippen LogP contribution in [0.5, 0.6) is 11.5 Å². The molecule has 1 heterocycles. The lowest BCUT2D eigenvalue weighted by molar-refractivity contribution is 0.0953. The van der Waals surface area contributed by atoms with Gasteiger partial charge < -0.3 is 14.4 Å². The number of nitrogens with zero attached hydrogens (tertiary/aromatic N) is 1. The van der Waals surface area contributed by atoms with Crippen LogP contribution in [0.4, 0.5) is 5.69 Å². The van der Waals surface area contributed by atoms with Crippen LogP contribution in [0.1, 0.15) is 49.0 Å². The number of hydrogen-bond donors (Lipinski definition) is 0. The summed E-state index contributed by atoms with van der Waals surface area (Å²) in [5.41, 5.74) is 2.54. The molecule has 25 heavy (non-hydrogen) atoms. The number of carbonyl (C=O) groups is 1. The Hall–Kier alpha value is -2.49. The van der Waals surface area contributed by atoms with Crippen molar-refractivity contribution in [2.45, 2.75) is 38.6 Å². The Kier molecular flexibility index (Phi) is 4.46. The van der Waals surface area contributed by atoms with Gasteiger partial charge in [0.05, 0.1) is 14.2 Å². The first-order valence-electron chi connectivity index (χ1n) is 8.54. The molecule has 2 aromatic carbocycles. The monoisotopic (exact) mass is 339 g/mol. The first-order valence-corrected chi connectivity index (χ1v) is 8.54. The summed E-state index contributed by atoms with van der Waals surface area (Å²) < 4.78 is 10.6. The average Bonchev–Trinajstić information content (AvgIpc) is 2.60. The van der Waals surface area contributed by atoms with Gasteiger partial charge in [-0.15, -0.1) is 0 Å². The van der Waals surface area contributed by atoms with E-state index in [2.05, 4.69) is 26.8 Å². The van der Waals surface area contributed by atoms with Gasteiger partial charge in [0.2, 0.25) is 0 Å². The molecule has 1 atom stereocenters. The highest BCUT2D eigenvalue weighted by Crippen LogP contribution is 2.44. The molecule has 0 saturated heterocycles. The maximum absolute atomic E-state index is 13.4. The van der Waals surface area contributed by atoms with Gasteiger partial charge in [0.1, 0.15) is 0 Å². The van der Waals surface area contributed by atoms with E-state index in [1.807, 2.05) is 23.1 Å². The molecule has 1 aliphatic rings. The normalized spacial score (nSPS) is 18.4. The third kappa shape index (κ3) is 2.97. The fourth-order valence-electron chi connectivity index (χ4n) is 3.87. The molecule has 132 valence electrons. The molecule has 1 amide bonds. The molecule has 0 N–H and O–H groups in total. The van der Waals surface area contributed by atoms with Gasteiger partial charge in [-0.1, -0.05) is 25.1 Å². The van der Waals surface area contributed by atoms with E-state index in [0.29, 0.717) is 23.0 Å². The molecule has 0 aromatic heterocycles. The standard InChI is InChI=1S/C21H25NO3/c1-14-13-21(2,3)22(17-9-7-6-8-16(14)17)20(23)15-10-11-18(24-4)19(12-15)25-5/h6-12,14H,13H2,1-5H3. The summed E-state index contributed by atoms with van der Waals surface area (Å²) in [6, 6.07) is 13.5. The summed E-state index contributed by atoms with van der Waals surface area (Å²) in [4.78, 5) is 15.3. The van der Waals surface area contributed by atoms with Crippen LogP contribution in [0.3, 0.4) is 0 Å². The summed E-state index contributed by atoms with van der Waals surface area (Å²) in [5.74, 6) is 1.57. The molecule has 2 aromatic rings. The first kappa shape index (κ1) is 17.3. The van der Waals surface area contributed by atoms with Gasteiger partial charge in [0, 0.05) is 16.8 Å². The zero-order chi connectivity index (χ0) is 18.2. The molecule has 0 fully saturated rings. The largest absolute Gasteiger partial charge is 0.493 e. The van der Waals surface area contributed by atoms with Crippen molar-refractivity contribution in [2.75, 3.05) is 19.1 Å². The molecular weight excluding hydrogens is 314 g/mol. The van der Waals surface area contributed by atoms with Crippen LogP contribution in [0.25, 0.3) is 0 Å². The lowest BCUT2D eigenvalue weighted by Gasteiger charge is -2.46. The van der Waals surface area contributed by atoms with Gasteiger partial charge in [0.25, 0.3) is 5.91 Å². The number of anilines is 1. The van der Waals surface area contributed by atoms with Gasteiger partial charge in [0.15, 0.2) is 11.5 Å². The molecular formula is C21H25NO3. The molecule has 4 nitrogen and oxygen atoms in total. The van der Waals surface area contributed by atoms with Crippen molar-refractivity contribution >= 4 is 11.6 Å². The summed E-state index contributed by atoms with van der Waals surface area (Å²) >= 11 is 0. The maximum atomic E-state index is 13.4. The molecule has 0 saturated carbocycles. The Labute approximate surface area is 149 Å². The lowest BCUT2D eigenvalue weighted by Crippen LogP contribution is -2.51. The van der Waals surface area contributed by atoms with Crippen molar-refractivity contribution in [3.63, 3.8) is 0 Å². The van der Waals surface area contributed by atoms with Crippen LogP contribution in [-0.2, 0) is 0 Å². The summed E-state index contributed by atoms with van der Waals surface area (Å²) in [7, 11) is 3.17. The lowest BCUT2D eigenvalue weighted by atomic mass is 9.79. The minimum absolute atomic E-state index is 0.0229. The van der Waals surface area contributed by atoms with Crippen LogP contribution >= 0.6 is 0 Å². The van der Waals surface area contributed by atoms with E-state index in [1.54, 1.807) is 32.4 Å². The van der Waals surface area contributed by atoms with Crippen LogP contribution < -0.4 is 14.4 Å². The van der Waals surface area contributed by atoms with Crippen molar-refractivity contribution in [3.8, 4) is 11.5 Å². The van der Waals surface area contributed by atoms with Gasteiger partial charge >= 0.3 is 0 Å². The van der Waals surface area contributed by atoms with Crippen molar-refractivity contribution in [1.29, 1.82) is 0 Å². The van der Waals surface area contributed by atoms with Crippen LogP contribution in [0.2, 0.25) is 0 Å². The second-order valence-corrected chi connectivity index (χ2v) is 7.19. The smallest absolute Gasteiger partial charge is 0.258 e. The third-order valence-corrected chi connectivity index (χ3v) is 4.95. The van der Waals surface area contributed by atoms with Crippen molar-refractivity contribution in [2.24, 2.45) is 0 Å². The van der Waals surface area contributed by atoms with Gasteiger partial charge in [-0.05, 0) is 56.0 Å². The Morgan fingerprint density at radius 1 is 1.08 bits per heavy atom. The van der Waals surface area contributed by atoms with E-state index < -0.39 is 0 Å². The Balaban J connectivity index is 2.08. The summed E-state index contributed by atoms with van der Waals surface area (Å²) in [6.07, 6.45) is 0.920. The quantitative estimate of drug-likeness (QED) is 0.818. The molecule has 0 aliphatic carbocycles. The number of amides is 1. The molecule has 1 unspecified atom stereocenters. The average molecular weight is 339 g/mol. The topological polar surface area (TPSA) is 38.8 Å². The second kappa shape index (κ2) is 6.43. The van der Waals surface area contributed by atoms with E-state index in [9.17, 15) is 4.79 Å². The fourth-order valence-corrected chi connectivity index (χ4v) is 3.87. The van der Waals surface area contributed by atoms with Crippen LogP contribution in [-0.4, -0.2) is 25.7 Å². The number of rotatable bonds is 3. The number of methoxy groups -OCH3 is 2. The zero-order valence-electron chi connectivity index (χ0n) is 15.5. The molecule has 0 bridgehead atoms. The maximum Gasteiger partial charge on any atom is 0.258 e. The predicted octanol–water partition coefficient (Wildman–Crippen LogP) is 4.64. The molecule has 0 radical (unpaired) electrons. The third-order valence-electron chi connectivity index (χ3n) is 4.95. The summed E-state index contributed by atoms with van der Waals surface area (Å²) in [5, 5.41) is 0. The van der Waals surface area contributed by atoms with Crippen LogP contribution in [0.15, 0.2) is 42.5 Å². The van der Waals surface area contributed by atoms with Crippen molar-refractivity contribution in [1.82, 2.24) is 0 Å². The highest BCUT2D eigenvalue weighted by Gasteiger charge is 2.40. The van der Waals surface area contributed by atoms with E-state index in [-0.39, 0.29) is 11.4 Å². The highest BCUT2D eigenvalue weighted by atomic mass is 16.5. The first-order chi connectivity index (χ1) is 11.9. The molecule has 3 rings (SSSR count). The molecule has 1 aliphatic heterocycles. The summed E-state index contributed by atoms with van der Waals surface area (Å²) in [6.45, 7) is 6.47. The second-order valence-electron chi connectivity index (χ2n) is 7.19.